The molecular weight excluding hydrogens is 231 g/mol. The lowest BCUT2D eigenvalue weighted by molar-refractivity contribution is 0.711. The summed E-state index contributed by atoms with van der Waals surface area (Å²) in [6.45, 7) is 0.642. The van der Waals surface area contributed by atoms with Gasteiger partial charge in [-0.2, -0.15) is 5.26 Å². The summed E-state index contributed by atoms with van der Waals surface area (Å²) in [7, 11) is 0. The highest BCUT2D eigenvalue weighted by Crippen LogP contribution is 2.45. The van der Waals surface area contributed by atoms with E-state index < -0.39 is 0 Å². The summed E-state index contributed by atoms with van der Waals surface area (Å²) in [6, 6.07) is 7.76. The lowest BCUT2D eigenvalue weighted by atomic mass is 10.1. The van der Waals surface area contributed by atoms with Crippen LogP contribution in [-0.2, 0) is 0 Å². The number of nitrogens with zero attached hydrogens (tertiary/aromatic N) is 1. The number of hydrogen-bond donors (Lipinski definition) is 1. The van der Waals surface area contributed by atoms with E-state index in [1.165, 1.54) is 0 Å². The van der Waals surface area contributed by atoms with Crippen molar-refractivity contribution in [1.82, 2.24) is 0 Å². The average molecular weight is 241 g/mol. The SMILES string of the molecule is N#CC1(CNc2cccc(Cl)c2Cl)CC1. The summed E-state index contributed by atoms with van der Waals surface area (Å²) >= 11 is 11.9. The Balaban J connectivity index is 2.06. The van der Waals surface area contributed by atoms with Gasteiger partial charge in [0.25, 0.3) is 0 Å². The first-order valence-corrected chi connectivity index (χ1v) is 5.52. The van der Waals surface area contributed by atoms with Crippen LogP contribution < -0.4 is 5.32 Å². The summed E-state index contributed by atoms with van der Waals surface area (Å²) in [6.07, 6.45) is 1.93. The maximum absolute atomic E-state index is 8.91. The maximum Gasteiger partial charge on any atom is 0.0823 e. The molecule has 1 aliphatic rings. The number of halogens is 2. The first kappa shape index (κ1) is 10.6. The molecule has 0 aliphatic heterocycles. The topological polar surface area (TPSA) is 35.8 Å². The summed E-state index contributed by atoms with van der Waals surface area (Å²) in [4.78, 5) is 0. The largest absolute Gasteiger partial charge is 0.382 e. The Morgan fingerprint density at radius 3 is 2.73 bits per heavy atom. The molecule has 0 aromatic heterocycles. The van der Waals surface area contributed by atoms with Crippen molar-refractivity contribution in [2.24, 2.45) is 5.41 Å². The Morgan fingerprint density at radius 2 is 2.13 bits per heavy atom. The second kappa shape index (κ2) is 3.92. The lowest BCUT2D eigenvalue weighted by Crippen LogP contribution is -2.13. The van der Waals surface area contributed by atoms with E-state index in [1.807, 2.05) is 12.1 Å². The quantitative estimate of drug-likeness (QED) is 0.875. The van der Waals surface area contributed by atoms with Crippen molar-refractivity contribution in [3.63, 3.8) is 0 Å². The van der Waals surface area contributed by atoms with Gasteiger partial charge in [-0.15, -0.1) is 0 Å². The van der Waals surface area contributed by atoms with Crippen LogP contribution in [0, 0.1) is 16.7 Å². The van der Waals surface area contributed by atoms with Gasteiger partial charge < -0.3 is 5.32 Å². The molecule has 78 valence electrons. The van der Waals surface area contributed by atoms with E-state index >= 15 is 0 Å². The fourth-order valence-electron chi connectivity index (χ4n) is 1.38. The van der Waals surface area contributed by atoms with Crippen LogP contribution in [0.1, 0.15) is 12.8 Å². The lowest BCUT2D eigenvalue weighted by Gasteiger charge is -2.11. The van der Waals surface area contributed by atoms with E-state index in [4.69, 9.17) is 28.5 Å². The van der Waals surface area contributed by atoms with E-state index in [2.05, 4.69) is 11.4 Å². The average Bonchev–Trinajstić information content (AvgIpc) is 3.01. The maximum atomic E-state index is 8.91. The second-order valence-electron chi connectivity index (χ2n) is 3.85. The van der Waals surface area contributed by atoms with Gasteiger partial charge in [0.15, 0.2) is 0 Å². The molecule has 0 atom stereocenters. The molecule has 1 fully saturated rings. The molecule has 0 heterocycles. The van der Waals surface area contributed by atoms with Gasteiger partial charge in [-0.25, -0.2) is 0 Å². The molecule has 15 heavy (non-hydrogen) atoms. The Kier molecular flexibility index (Phi) is 2.77. The van der Waals surface area contributed by atoms with Crippen LogP contribution >= 0.6 is 23.2 Å². The van der Waals surface area contributed by atoms with Crippen LogP contribution in [0.5, 0.6) is 0 Å². The molecule has 4 heteroatoms. The van der Waals surface area contributed by atoms with Gasteiger partial charge in [0.1, 0.15) is 0 Å². The summed E-state index contributed by atoms with van der Waals surface area (Å²) in [5.74, 6) is 0. The predicted octanol–water partition coefficient (Wildman–Crippen LogP) is 3.71. The number of rotatable bonds is 3. The third-order valence-electron chi connectivity index (χ3n) is 2.66. The molecule has 1 aromatic carbocycles. The molecule has 0 bridgehead atoms. The number of benzene rings is 1. The fourth-order valence-corrected chi connectivity index (χ4v) is 1.75. The van der Waals surface area contributed by atoms with E-state index in [9.17, 15) is 0 Å². The zero-order valence-corrected chi connectivity index (χ0v) is 9.57. The van der Waals surface area contributed by atoms with Crippen LogP contribution in [0.25, 0.3) is 0 Å². The van der Waals surface area contributed by atoms with Crippen molar-refractivity contribution in [3.05, 3.63) is 28.2 Å². The van der Waals surface area contributed by atoms with E-state index in [1.54, 1.807) is 6.07 Å². The Bertz CT molecular complexity index is 419. The molecule has 2 nitrogen and oxygen atoms in total. The molecule has 0 unspecified atom stereocenters. The Labute approximate surface area is 98.8 Å². The van der Waals surface area contributed by atoms with E-state index in [0.717, 1.165) is 18.5 Å². The van der Waals surface area contributed by atoms with Crippen molar-refractivity contribution < 1.29 is 0 Å². The van der Waals surface area contributed by atoms with Gasteiger partial charge in [0, 0.05) is 6.54 Å². The van der Waals surface area contributed by atoms with Gasteiger partial charge in [0.2, 0.25) is 0 Å². The zero-order valence-electron chi connectivity index (χ0n) is 8.06. The Morgan fingerprint density at radius 1 is 1.40 bits per heavy atom. The van der Waals surface area contributed by atoms with Gasteiger partial charge in [-0.05, 0) is 25.0 Å². The molecule has 1 aromatic rings. The Hall–Kier alpha value is -0.910. The molecule has 2 rings (SSSR count). The third kappa shape index (κ3) is 2.19. The molecule has 1 N–H and O–H groups in total. The molecule has 1 saturated carbocycles. The highest BCUT2D eigenvalue weighted by atomic mass is 35.5. The number of hydrogen-bond acceptors (Lipinski definition) is 2. The molecule has 0 spiro atoms. The second-order valence-corrected chi connectivity index (χ2v) is 4.63. The highest BCUT2D eigenvalue weighted by molar-refractivity contribution is 6.43. The number of anilines is 1. The van der Waals surface area contributed by atoms with Gasteiger partial charge in [-0.1, -0.05) is 29.3 Å². The fraction of sp³-hybridized carbons (Fsp3) is 0.364. The van der Waals surface area contributed by atoms with Crippen LogP contribution in [0.15, 0.2) is 18.2 Å². The van der Waals surface area contributed by atoms with Crippen molar-refractivity contribution in [1.29, 1.82) is 5.26 Å². The van der Waals surface area contributed by atoms with Crippen molar-refractivity contribution in [3.8, 4) is 6.07 Å². The van der Waals surface area contributed by atoms with Crippen molar-refractivity contribution in [2.75, 3.05) is 11.9 Å². The van der Waals surface area contributed by atoms with Crippen molar-refractivity contribution in [2.45, 2.75) is 12.8 Å². The molecule has 0 amide bonds. The minimum atomic E-state index is -0.175. The minimum Gasteiger partial charge on any atom is -0.382 e. The summed E-state index contributed by atoms with van der Waals surface area (Å²) < 4.78 is 0. The van der Waals surface area contributed by atoms with Crippen LogP contribution in [0.2, 0.25) is 10.0 Å². The van der Waals surface area contributed by atoms with E-state index in [-0.39, 0.29) is 5.41 Å². The van der Waals surface area contributed by atoms with Crippen molar-refractivity contribution >= 4 is 28.9 Å². The van der Waals surface area contributed by atoms with Gasteiger partial charge >= 0.3 is 0 Å². The summed E-state index contributed by atoms with van der Waals surface area (Å²) in [5, 5.41) is 13.1. The molecule has 0 saturated heterocycles. The van der Waals surface area contributed by atoms with E-state index in [0.29, 0.717) is 16.6 Å². The van der Waals surface area contributed by atoms with Crippen LogP contribution in [0.4, 0.5) is 5.69 Å². The monoisotopic (exact) mass is 240 g/mol. The third-order valence-corrected chi connectivity index (χ3v) is 3.48. The highest BCUT2D eigenvalue weighted by Gasteiger charge is 2.42. The van der Waals surface area contributed by atoms with Gasteiger partial charge in [0.05, 0.1) is 27.2 Å². The minimum absolute atomic E-state index is 0.175. The zero-order chi connectivity index (χ0) is 10.9. The molecular formula is C11H10Cl2N2. The smallest absolute Gasteiger partial charge is 0.0823 e. The molecule has 1 aliphatic carbocycles. The molecule has 0 radical (unpaired) electrons. The van der Waals surface area contributed by atoms with Gasteiger partial charge in [-0.3, -0.25) is 0 Å². The van der Waals surface area contributed by atoms with Crippen LogP contribution in [0.3, 0.4) is 0 Å². The first-order valence-electron chi connectivity index (χ1n) is 4.76. The van der Waals surface area contributed by atoms with Crippen LogP contribution in [-0.4, -0.2) is 6.54 Å². The number of nitriles is 1. The standard InChI is InChI=1S/C11H10Cl2N2/c12-8-2-1-3-9(10(8)13)15-7-11(6-14)4-5-11/h1-3,15H,4-5,7H2. The number of nitrogens with one attached hydrogen (secondary N) is 1. The first-order chi connectivity index (χ1) is 7.17. The summed E-state index contributed by atoms with van der Waals surface area (Å²) in [5.41, 5.74) is 0.622. The normalized spacial score (nSPS) is 16.9. The predicted molar refractivity (Wildman–Crippen MR) is 62.2 cm³/mol.